The van der Waals surface area contributed by atoms with Crippen molar-refractivity contribution in [2.45, 2.75) is 39.3 Å². The fourth-order valence-corrected chi connectivity index (χ4v) is 3.30. The summed E-state index contributed by atoms with van der Waals surface area (Å²) in [6.45, 7) is 5.62. The molecule has 0 aromatic heterocycles. The summed E-state index contributed by atoms with van der Waals surface area (Å²) >= 11 is 0. The number of piperidine rings is 1. The topological polar surface area (TPSA) is 46.3 Å². The van der Waals surface area contributed by atoms with Gasteiger partial charge >= 0.3 is 0 Å². The van der Waals surface area contributed by atoms with Crippen molar-refractivity contribution in [3.05, 3.63) is 58.7 Å². The second kappa shape index (κ2) is 8.29. The highest BCUT2D eigenvalue weighted by Gasteiger charge is 2.18. The van der Waals surface area contributed by atoms with Crippen molar-refractivity contribution >= 4 is 5.78 Å². The fourth-order valence-electron chi connectivity index (χ4n) is 3.30. The van der Waals surface area contributed by atoms with Gasteiger partial charge < -0.3 is 5.73 Å². The number of ketones is 1. The summed E-state index contributed by atoms with van der Waals surface area (Å²) in [7, 11) is 0. The van der Waals surface area contributed by atoms with Crippen molar-refractivity contribution in [1.82, 2.24) is 4.90 Å². The normalized spacial score (nSPS) is 19.0. The van der Waals surface area contributed by atoms with Gasteiger partial charge in [0.15, 0.2) is 5.78 Å². The van der Waals surface area contributed by atoms with Gasteiger partial charge in [-0.25, -0.2) is 0 Å². The number of Topliss-reactive ketones (excluding diaryl/α,β-unsaturated/α-hetero) is 1. The summed E-state index contributed by atoms with van der Waals surface area (Å²) in [6, 6.07) is 8.58. The number of allylic oxidation sites excluding steroid dienone is 4. The van der Waals surface area contributed by atoms with E-state index in [1.165, 1.54) is 11.1 Å². The molecule has 0 radical (unpaired) electrons. The maximum atomic E-state index is 11.7. The quantitative estimate of drug-likeness (QED) is 0.864. The zero-order chi connectivity index (χ0) is 17.6. The van der Waals surface area contributed by atoms with Crippen molar-refractivity contribution < 1.29 is 4.79 Å². The summed E-state index contributed by atoms with van der Waals surface area (Å²) < 4.78 is 0. The largest absolute Gasteiger partial charge is 0.326 e. The predicted molar refractivity (Wildman–Crippen MR) is 102 cm³/mol. The Morgan fingerprint density at radius 1 is 1.16 bits per heavy atom. The van der Waals surface area contributed by atoms with E-state index in [9.17, 15) is 4.79 Å². The molecule has 1 aromatic carbocycles. The molecule has 1 saturated heterocycles. The molecule has 3 rings (SSSR count). The number of hydrogen-bond donors (Lipinski definition) is 1. The van der Waals surface area contributed by atoms with Crippen LogP contribution in [0.4, 0.5) is 0 Å². The van der Waals surface area contributed by atoms with Crippen molar-refractivity contribution in [2.75, 3.05) is 13.1 Å². The SMILES string of the molecule is CC1=C(C#CC2CCN(Cc3ccc(CN)cc3)CC2)C=CCC1=O. The molecule has 0 spiro atoms. The maximum Gasteiger partial charge on any atom is 0.163 e. The molecular weight excluding hydrogens is 308 g/mol. The van der Waals surface area contributed by atoms with Gasteiger partial charge in [0.1, 0.15) is 0 Å². The van der Waals surface area contributed by atoms with Crippen LogP contribution >= 0.6 is 0 Å². The van der Waals surface area contributed by atoms with Crippen LogP contribution in [-0.2, 0) is 17.9 Å². The monoisotopic (exact) mass is 334 g/mol. The fraction of sp³-hybridized carbons (Fsp3) is 0.409. The lowest BCUT2D eigenvalue weighted by Crippen LogP contribution is -2.32. The van der Waals surface area contributed by atoms with E-state index in [0.29, 0.717) is 18.9 Å². The van der Waals surface area contributed by atoms with Crippen LogP contribution in [0.15, 0.2) is 47.6 Å². The molecule has 25 heavy (non-hydrogen) atoms. The van der Waals surface area contributed by atoms with Crippen LogP contribution in [0, 0.1) is 17.8 Å². The average molecular weight is 334 g/mol. The van der Waals surface area contributed by atoms with E-state index < -0.39 is 0 Å². The first-order chi connectivity index (χ1) is 12.2. The van der Waals surface area contributed by atoms with E-state index in [1.807, 2.05) is 19.1 Å². The van der Waals surface area contributed by atoms with E-state index in [0.717, 1.165) is 43.6 Å². The van der Waals surface area contributed by atoms with Gasteiger partial charge in [-0.3, -0.25) is 9.69 Å². The summed E-state index contributed by atoms with van der Waals surface area (Å²) in [4.78, 5) is 14.2. The number of rotatable bonds is 3. The molecule has 130 valence electrons. The van der Waals surface area contributed by atoms with Crippen LogP contribution in [-0.4, -0.2) is 23.8 Å². The Balaban J connectivity index is 1.52. The number of benzene rings is 1. The van der Waals surface area contributed by atoms with Crippen molar-refractivity contribution in [1.29, 1.82) is 0 Å². The summed E-state index contributed by atoms with van der Waals surface area (Å²) in [5, 5.41) is 0. The zero-order valence-corrected chi connectivity index (χ0v) is 14.9. The van der Waals surface area contributed by atoms with Gasteiger partial charge in [-0.1, -0.05) is 42.2 Å². The van der Waals surface area contributed by atoms with Crippen molar-refractivity contribution in [3.63, 3.8) is 0 Å². The third-order valence-electron chi connectivity index (χ3n) is 5.07. The molecule has 1 fully saturated rings. The molecule has 3 heteroatoms. The van der Waals surface area contributed by atoms with Gasteiger partial charge in [0.25, 0.3) is 0 Å². The van der Waals surface area contributed by atoms with Gasteiger partial charge in [-0.05, 0) is 50.1 Å². The van der Waals surface area contributed by atoms with Crippen LogP contribution in [0.1, 0.15) is 37.3 Å². The third-order valence-corrected chi connectivity index (χ3v) is 5.07. The lowest BCUT2D eigenvalue weighted by molar-refractivity contribution is -0.114. The molecule has 1 heterocycles. The minimum absolute atomic E-state index is 0.197. The van der Waals surface area contributed by atoms with Gasteiger partial charge in [0.05, 0.1) is 0 Å². The Labute approximate surface area is 150 Å². The maximum absolute atomic E-state index is 11.7. The Bertz CT molecular complexity index is 738. The van der Waals surface area contributed by atoms with Crippen LogP contribution in [0.3, 0.4) is 0 Å². The average Bonchev–Trinajstić information content (AvgIpc) is 2.65. The third kappa shape index (κ3) is 4.69. The lowest BCUT2D eigenvalue weighted by atomic mass is 9.94. The van der Waals surface area contributed by atoms with Crippen molar-refractivity contribution in [3.8, 4) is 11.8 Å². The number of nitrogens with zero attached hydrogens (tertiary/aromatic N) is 1. The number of carbonyl (C=O) groups is 1. The molecule has 1 aliphatic heterocycles. The van der Waals surface area contributed by atoms with Gasteiger partial charge in [0.2, 0.25) is 0 Å². The smallest absolute Gasteiger partial charge is 0.163 e. The molecule has 0 atom stereocenters. The number of likely N-dealkylation sites (tertiary alicyclic amines) is 1. The highest BCUT2D eigenvalue weighted by atomic mass is 16.1. The summed E-state index contributed by atoms with van der Waals surface area (Å²) in [5.41, 5.74) is 9.88. The molecule has 2 N–H and O–H groups in total. The van der Waals surface area contributed by atoms with Crippen LogP contribution in [0.25, 0.3) is 0 Å². The molecule has 2 aliphatic rings. The first kappa shape index (κ1) is 17.7. The Hall–Kier alpha value is -2.15. The van der Waals surface area contributed by atoms with E-state index in [-0.39, 0.29) is 5.78 Å². The van der Waals surface area contributed by atoms with E-state index in [1.54, 1.807) is 0 Å². The minimum Gasteiger partial charge on any atom is -0.326 e. The number of hydrogen-bond acceptors (Lipinski definition) is 3. The molecular formula is C22H26N2O. The molecule has 3 nitrogen and oxygen atoms in total. The molecule has 0 saturated carbocycles. The van der Waals surface area contributed by atoms with Crippen molar-refractivity contribution in [2.24, 2.45) is 11.7 Å². The Kier molecular flexibility index (Phi) is 5.86. The van der Waals surface area contributed by atoms with E-state index in [2.05, 4.69) is 41.0 Å². The Morgan fingerprint density at radius 3 is 2.52 bits per heavy atom. The molecule has 1 aliphatic carbocycles. The van der Waals surface area contributed by atoms with Gasteiger partial charge in [-0.15, -0.1) is 0 Å². The summed E-state index contributed by atoms with van der Waals surface area (Å²) in [5.74, 6) is 7.26. The molecule has 0 unspecified atom stereocenters. The molecule has 0 bridgehead atoms. The highest BCUT2D eigenvalue weighted by molar-refractivity contribution is 5.99. The van der Waals surface area contributed by atoms with Crippen LogP contribution in [0.2, 0.25) is 0 Å². The first-order valence-corrected chi connectivity index (χ1v) is 9.08. The van der Waals surface area contributed by atoms with Crippen LogP contribution < -0.4 is 5.73 Å². The standard InChI is InChI=1S/C22H26N2O/c1-17-21(3-2-4-22(17)25)10-9-18-11-13-24(14-12-18)16-20-7-5-19(15-23)6-8-20/h2-3,5-8,18H,4,11-16,23H2,1H3. The highest BCUT2D eigenvalue weighted by Crippen LogP contribution is 2.20. The Morgan fingerprint density at radius 2 is 1.84 bits per heavy atom. The van der Waals surface area contributed by atoms with E-state index in [4.69, 9.17) is 5.73 Å². The molecule has 1 aromatic rings. The lowest BCUT2D eigenvalue weighted by Gasteiger charge is -2.29. The van der Waals surface area contributed by atoms with Crippen LogP contribution in [0.5, 0.6) is 0 Å². The zero-order valence-electron chi connectivity index (χ0n) is 14.9. The van der Waals surface area contributed by atoms with E-state index >= 15 is 0 Å². The minimum atomic E-state index is 0.197. The number of carbonyl (C=O) groups excluding carboxylic acids is 1. The first-order valence-electron chi connectivity index (χ1n) is 9.08. The van der Waals surface area contributed by atoms with Gasteiger partial charge in [-0.2, -0.15) is 0 Å². The second-order valence-electron chi connectivity index (χ2n) is 6.91. The predicted octanol–water partition coefficient (Wildman–Crippen LogP) is 3.21. The second-order valence-corrected chi connectivity index (χ2v) is 6.91. The molecule has 0 amide bonds. The van der Waals surface area contributed by atoms with Gasteiger partial charge in [0, 0.05) is 36.6 Å². The summed E-state index contributed by atoms with van der Waals surface area (Å²) in [6.07, 6.45) is 6.61. The number of nitrogens with two attached hydrogens (primary N) is 1.